The largest absolute Gasteiger partial charge is 0.493 e. The molecule has 0 spiro atoms. The molecule has 0 unspecified atom stereocenters. The van der Waals surface area contributed by atoms with Gasteiger partial charge in [-0.1, -0.05) is 24.8 Å². The summed E-state index contributed by atoms with van der Waals surface area (Å²) >= 11 is 1.43. The molecular formula is C19H22N2O5S. The molecule has 27 heavy (non-hydrogen) atoms. The zero-order valence-corrected chi connectivity index (χ0v) is 16.8. The molecule has 3 rings (SSSR count). The summed E-state index contributed by atoms with van der Waals surface area (Å²) in [6, 6.07) is 4.73. The van der Waals surface area contributed by atoms with E-state index in [1.807, 2.05) is 13.0 Å². The Bertz CT molecular complexity index is 849. The molecule has 2 atom stereocenters. The van der Waals surface area contributed by atoms with Gasteiger partial charge in [0.25, 0.3) is 0 Å². The fraction of sp³-hybridized carbons (Fsp3) is 0.421. The van der Waals surface area contributed by atoms with Crippen LogP contribution >= 0.6 is 11.8 Å². The van der Waals surface area contributed by atoms with E-state index in [2.05, 4.69) is 4.99 Å². The number of methoxy groups -OCH3 is 3. The topological polar surface area (TPSA) is 77.4 Å². The summed E-state index contributed by atoms with van der Waals surface area (Å²) in [7, 11) is 4.42. The van der Waals surface area contributed by atoms with Crippen LogP contribution in [-0.2, 0) is 14.3 Å². The molecule has 1 aromatic rings. The smallest absolute Gasteiger partial charge is 0.338 e. The number of benzene rings is 1. The lowest BCUT2D eigenvalue weighted by Crippen LogP contribution is -2.40. The van der Waals surface area contributed by atoms with Crippen LogP contribution in [0.2, 0.25) is 0 Å². The van der Waals surface area contributed by atoms with Crippen LogP contribution in [0.5, 0.6) is 11.5 Å². The van der Waals surface area contributed by atoms with Gasteiger partial charge in [0, 0.05) is 0 Å². The fourth-order valence-corrected chi connectivity index (χ4v) is 4.43. The van der Waals surface area contributed by atoms with Crippen LogP contribution in [0.1, 0.15) is 31.9 Å². The Hall–Kier alpha value is -2.48. The first-order valence-electron chi connectivity index (χ1n) is 8.56. The second-order valence-corrected chi connectivity index (χ2v) is 7.29. The van der Waals surface area contributed by atoms with Crippen molar-refractivity contribution in [2.24, 2.45) is 4.99 Å². The van der Waals surface area contributed by atoms with Crippen LogP contribution in [0.15, 0.2) is 34.5 Å². The van der Waals surface area contributed by atoms with E-state index < -0.39 is 12.0 Å². The zero-order chi connectivity index (χ0) is 19.7. The maximum absolute atomic E-state index is 13.0. The molecule has 1 fully saturated rings. The maximum Gasteiger partial charge on any atom is 0.338 e. The maximum atomic E-state index is 13.0. The molecule has 144 valence electrons. The number of nitrogens with zero attached hydrogens (tertiary/aromatic N) is 2. The third-order valence-corrected chi connectivity index (χ3v) is 5.97. The Morgan fingerprint density at radius 3 is 2.52 bits per heavy atom. The van der Waals surface area contributed by atoms with Gasteiger partial charge in [-0.2, -0.15) is 0 Å². The van der Waals surface area contributed by atoms with E-state index in [1.54, 1.807) is 38.2 Å². The predicted molar refractivity (Wildman–Crippen MR) is 103 cm³/mol. The average molecular weight is 390 g/mol. The number of hydrogen-bond acceptors (Lipinski definition) is 7. The van der Waals surface area contributed by atoms with Gasteiger partial charge in [-0.3, -0.25) is 9.69 Å². The normalized spacial score (nSPS) is 21.7. The van der Waals surface area contributed by atoms with Gasteiger partial charge in [0.15, 0.2) is 16.7 Å². The summed E-state index contributed by atoms with van der Waals surface area (Å²) < 4.78 is 15.7. The lowest BCUT2D eigenvalue weighted by Gasteiger charge is -2.33. The highest BCUT2D eigenvalue weighted by atomic mass is 32.2. The van der Waals surface area contributed by atoms with Crippen LogP contribution in [0.4, 0.5) is 0 Å². The summed E-state index contributed by atoms with van der Waals surface area (Å²) in [6.45, 7) is 3.72. The highest BCUT2D eigenvalue weighted by molar-refractivity contribution is 8.15. The number of aliphatic imine (C=N–C) groups is 1. The van der Waals surface area contributed by atoms with Crippen molar-refractivity contribution in [3.05, 3.63) is 35.0 Å². The first-order valence-corrected chi connectivity index (χ1v) is 9.44. The van der Waals surface area contributed by atoms with Crippen LogP contribution < -0.4 is 9.47 Å². The molecule has 1 saturated heterocycles. The lowest BCUT2D eigenvalue weighted by atomic mass is 9.94. The number of hydrogen-bond donors (Lipinski definition) is 0. The van der Waals surface area contributed by atoms with E-state index in [0.717, 1.165) is 5.56 Å². The van der Waals surface area contributed by atoms with Gasteiger partial charge in [-0.15, -0.1) is 0 Å². The van der Waals surface area contributed by atoms with Crippen molar-refractivity contribution in [1.82, 2.24) is 4.90 Å². The molecule has 0 radical (unpaired) electrons. The molecule has 2 aliphatic rings. The van der Waals surface area contributed by atoms with Crippen molar-refractivity contribution in [2.45, 2.75) is 31.6 Å². The van der Waals surface area contributed by atoms with E-state index in [4.69, 9.17) is 14.2 Å². The predicted octanol–water partition coefficient (Wildman–Crippen LogP) is 2.92. The molecule has 2 aliphatic heterocycles. The number of fused-ring (bicyclic) bond motifs is 1. The summed E-state index contributed by atoms with van der Waals surface area (Å²) in [4.78, 5) is 31.6. The first-order chi connectivity index (χ1) is 13.0. The van der Waals surface area contributed by atoms with Gasteiger partial charge in [-0.05, 0) is 31.0 Å². The van der Waals surface area contributed by atoms with Crippen LogP contribution in [0, 0.1) is 0 Å². The van der Waals surface area contributed by atoms with Gasteiger partial charge in [0.05, 0.1) is 43.9 Å². The van der Waals surface area contributed by atoms with E-state index in [9.17, 15) is 9.59 Å². The number of thioether (sulfide) groups is 1. The molecule has 0 saturated carbocycles. The van der Waals surface area contributed by atoms with Crippen LogP contribution in [-0.4, -0.2) is 48.5 Å². The molecule has 1 amide bonds. The Labute approximate surface area is 162 Å². The van der Waals surface area contributed by atoms with E-state index in [0.29, 0.717) is 34.4 Å². The lowest BCUT2D eigenvalue weighted by molar-refractivity contribution is -0.137. The second-order valence-electron chi connectivity index (χ2n) is 6.12. The standard InChI is InChI=1S/C19H22N2O5S/c1-6-14-17(22)21-16(11-7-8-12(24-3)13(9-11)25-4)15(18(23)26-5)10(2)20-19(21)27-14/h7-9,14,16H,6H2,1-5H3/t14-,16-/m1/s1. The summed E-state index contributed by atoms with van der Waals surface area (Å²) in [6.07, 6.45) is 0.685. The third-order valence-electron chi connectivity index (χ3n) is 4.65. The minimum Gasteiger partial charge on any atom is -0.493 e. The van der Waals surface area contributed by atoms with Gasteiger partial charge in [0.2, 0.25) is 5.91 Å². The van der Waals surface area contributed by atoms with E-state index >= 15 is 0 Å². The number of allylic oxidation sites excluding steroid dienone is 1. The summed E-state index contributed by atoms with van der Waals surface area (Å²) in [5, 5.41) is 0.396. The summed E-state index contributed by atoms with van der Waals surface area (Å²) in [5.41, 5.74) is 1.62. The third kappa shape index (κ3) is 3.18. The minimum atomic E-state index is -0.624. The Morgan fingerprint density at radius 2 is 1.93 bits per heavy atom. The van der Waals surface area contributed by atoms with Crippen LogP contribution in [0.3, 0.4) is 0 Å². The molecule has 0 bridgehead atoms. The van der Waals surface area contributed by atoms with Gasteiger partial charge in [-0.25, -0.2) is 9.79 Å². The van der Waals surface area contributed by atoms with Crippen LogP contribution in [0.25, 0.3) is 0 Å². The average Bonchev–Trinajstić information content (AvgIpc) is 3.00. The first kappa shape index (κ1) is 19.3. The minimum absolute atomic E-state index is 0.0602. The molecule has 1 aromatic carbocycles. The van der Waals surface area contributed by atoms with Gasteiger partial charge in [0.1, 0.15) is 0 Å². The number of esters is 1. The number of amides is 1. The number of carbonyl (C=O) groups excluding carboxylic acids is 2. The van der Waals surface area contributed by atoms with Crippen molar-refractivity contribution >= 4 is 28.8 Å². The van der Waals surface area contributed by atoms with Gasteiger partial charge >= 0.3 is 5.97 Å². The van der Waals surface area contributed by atoms with E-state index in [-0.39, 0.29) is 11.2 Å². The molecule has 7 nitrogen and oxygen atoms in total. The fourth-order valence-electron chi connectivity index (χ4n) is 3.30. The van der Waals surface area contributed by atoms with Crippen molar-refractivity contribution in [3.8, 4) is 11.5 Å². The molecule has 0 aromatic heterocycles. The monoisotopic (exact) mass is 390 g/mol. The molecule has 2 heterocycles. The number of carbonyl (C=O) groups is 2. The summed E-state index contributed by atoms with van der Waals surface area (Å²) in [5.74, 6) is 0.523. The second kappa shape index (κ2) is 7.64. The molecule has 8 heteroatoms. The highest BCUT2D eigenvalue weighted by Crippen LogP contribution is 2.45. The zero-order valence-electron chi connectivity index (χ0n) is 15.9. The van der Waals surface area contributed by atoms with E-state index in [1.165, 1.54) is 18.9 Å². The van der Waals surface area contributed by atoms with Crippen molar-refractivity contribution in [3.63, 3.8) is 0 Å². The molecular weight excluding hydrogens is 368 g/mol. The Morgan fingerprint density at radius 1 is 1.22 bits per heavy atom. The molecule has 0 aliphatic carbocycles. The Kier molecular flexibility index (Phi) is 5.46. The van der Waals surface area contributed by atoms with Crippen molar-refractivity contribution in [2.75, 3.05) is 21.3 Å². The quantitative estimate of drug-likeness (QED) is 0.720. The molecule has 0 N–H and O–H groups in total. The highest BCUT2D eigenvalue weighted by Gasteiger charge is 2.47. The SMILES string of the molecule is CC[C@H]1SC2=NC(C)=C(C(=O)OC)[C@@H](c3ccc(OC)c(OC)c3)N2C1=O. The number of amidine groups is 1. The van der Waals surface area contributed by atoms with Crippen molar-refractivity contribution < 1.29 is 23.8 Å². The number of rotatable bonds is 5. The number of ether oxygens (including phenoxy) is 3. The van der Waals surface area contributed by atoms with Gasteiger partial charge < -0.3 is 14.2 Å². The Balaban J connectivity index is 2.17. The van der Waals surface area contributed by atoms with Crippen molar-refractivity contribution in [1.29, 1.82) is 0 Å².